The maximum Gasteiger partial charge on any atom is 0.278 e. The molecule has 9 heteroatoms. The average molecular weight is 472 g/mol. The summed E-state index contributed by atoms with van der Waals surface area (Å²) < 4.78 is 3.16. The minimum absolute atomic E-state index is 0.114. The molecule has 0 saturated heterocycles. The number of pyridine rings is 1. The summed E-state index contributed by atoms with van der Waals surface area (Å²) in [5.41, 5.74) is 2.76. The summed E-state index contributed by atoms with van der Waals surface area (Å²) in [4.78, 5) is 26.9. The van der Waals surface area contributed by atoms with Gasteiger partial charge >= 0.3 is 0 Å². The Balaban J connectivity index is 1.63. The monoisotopic (exact) mass is 471 g/mol. The van der Waals surface area contributed by atoms with E-state index in [2.05, 4.69) is 53.2 Å². The van der Waals surface area contributed by atoms with Crippen LogP contribution < -0.4 is 16.2 Å². The Kier molecular flexibility index (Phi) is 5.34. The van der Waals surface area contributed by atoms with E-state index >= 15 is 0 Å². The zero-order valence-corrected chi connectivity index (χ0v) is 20.3. The molecule has 180 valence electrons. The third kappa shape index (κ3) is 4.02. The van der Waals surface area contributed by atoms with Crippen LogP contribution in [0.25, 0.3) is 16.9 Å². The van der Waals surface area contributed by atoms with Gasteiger partial charge in [0.2, 0.25) is 5.95 Å². The van der Waals surface area contributed by atoms with Crippen LogP contribution >= 0.6 is 0 Å². The maximum absolute atomic E-state index is 13.2. The first kappa shape index (κ1) is 22.9. The lowest BCUT2D eigenvalue weighted by Crippen LogP contribution is -2.28. The number of nitrogens with zero attached hydrogens (tertiary/aromatic N) is 5. The van der Waals surface area contributed by atoms with Crippen LogP contribution in [0.5, 0.6) is 0 Å². The number of allylic oxidation sites excluding steroid dienone is 1. The van der Waals surface area contributed by atoms with E-state index in [1.165, 1.54) is 22.0 Å². The van der Waals surface area contributed by atoms with Gasteiger partial charge in [-0.25, -0.2) is 19.3 Å². The van der Waals surface area contributed by atoms with Crippen molar-refractivity contribution < 1.29 is 5.11 Å². The molecule has 1 aliphatic rings. The molecule has 0 atom stereocenters. The summed E-state index contributed by atoms with van der Waals surface area (Å²) in [5, 5.41) is 17.6. The number of aromatic nitrogens is 5. The third-order valence-electron chi connectivity index (χ3n) is 6.32. The second-order valence-electron chi connectivity index (χ2n) is 9.83. The van der Waals surface area contributed by atoms with Crippen LogP contribution in [0.1, 0.15) is 44.5 Å². The number of anilines is 2. The predicted octanol–water partition coefficient (Wildman–Crippen LogP) is 3.47. The average Bonchev–Trinajstić information content (AvgIpc) is 3.26. The first-order valence-corrected chi connectivity index (χ1v) is 11.5. The SMILES string of the molecule is C=CCn1c(=O)c2cnc(Nc3ccc4c(c3)C(C)(C)NC4)nc2n1-c1cccc(C(C)(C)O)n1. The van der Waals surface area contributed by atoms with Gasteiger partial charge in [-0.2, -0.15) is 4.98 Å². The second-order valence-corrected chi connectivity index (χ2v) is 9.83. The fraction of sp³-hybridized carbons (Fsp3) is 0.308. The highest BCUT2D eigenvalue weighted by atomic mass is 16.3. The lowest BCUT2D eigenvalue weighted by Gasteiger charge is -2.20. The molecule has 3 aromatic heterocycles. The van der Waals surface area contributed by atoms with E-state index in [9.17, 15) is 9.90 Å². The fourth-order valence-electron chi connectivity index (χ4n) is 4.42. The molecule has 0 saturated carbocycles. The molecular formula is C26H29N7O2. The molecule has 0 fully saturated rings. The summed E-state index contributed by atoms with van der Waals surface area (Å²) in [7, 11) is 0. The van der Waals surface area contributed by atoms with Crippen molar-refractivity contribution >= 4 is 22.7 Å². The van der Waals surface area contributed by atoms with Crippen LogP contribution in [0.4, 0.5) is 11.6 Å². The summed E-state index contributed by atoms with van der Waals surface area (Å²) in [6.45, 7) is 12.5. The summed E-state index contributed by atoms with van der Waals surface area (Å²) in [5.74, 6) is 0.831. The first-order valence-electron chi connectivity index (χ1n) is 11.5. The number of rotatable bonds is 6. The molecule has 0 unspecified atom stereocenters. The van der Waals surface area contributed by atoms with E-state index in [4.69, 9.17) is 4.98 Å². The van der Waals surface area contributed by atoms with Crippen molar-refractivity contribution in [2.45, 2.75) is 51.9 Å². The van der Waals surface area contributed by atoms with E-state index in [1.807, 2.05) is 6.07 Å². The molecule has 3 N–H and O–H groups in total. The molecule has 1 aromatic carbocycles. The lowest BCUT2D eigenvalue weighted by atomic mass is 9.94. The Hall–Kier alpha value is -3.82. The molecule has 0 aliphatic carbocycles. The fourth-order valence-corrected chi connectivity index (χ4v) is 4.42. The van der Waals surface area contributed by atoms with Crippen molar-refractivity contribution in [2.24, 2.45) is 0 Å². The Bertz CT molecular complexity index is 1510. The molecule has 4 heterocycles. The van der Waals surface area contributed by atoms with E-state index in [0.717, 1.165) is 12.2 Å². The largest absolute Gasteiger partial charge is 0.384 e. The van der Waals surface area contributed by atoms with Crippen molar-refractivity contribution in [1.82, 2.24) is 29.6 Å². The Morgan fingerprint density at radius 1 is 1.26 bits per heavy atom. The molecule has 0 radical (unpaired) electrons. The minimum atomic E-state index is -1.14. The number of hydrogen-bond acceptors (Lipinski definition) is 7. The Morgan fingerprint density at radius 2 is 2.06 bits per heavy atom. The molecule has 4 aromatic rings. The summed E-state index contributed by atoms with van der Waals surface area (Å²) in [6, 6.07) is 11.5. The maximum atomic E-state index is 13.2. The quantitative estimate of drug-likeness (QED) is 0.369. The molecule has 0 spiro atoms. The second kappa shape index (κ2) is 8.14. The van der Waals surface area contributed by atoms with Gasteiger partial charge in [-0.1, -0.05) is 18.2 Å². The zero-order chi connectivity index (χ0) is 25.0. The summed E-state index contributed by atoms with van der Waals surface area (Å²) >= 11 is 0. The lowest BCUT2D eigenvalue weighted by molar-refractivity contribution is 0.0738. The van der Waals surface area contributed by atoms with Crippen molar-refractivity contribution in [3.05, 3.63) is 82.4 Å². The smallest absolute Gasteiger partial charge is 0.278 e. The number of aliphatic hydroxyl groups is 1. The molecule has 0 bridgehead atoms. The van der Waals surface area contributed by atoms with Gasteiger partial charge in [0.1, 0.15) is 11.0 Å². The van der Waals surface area contributed by atoms with Crippen molar-refractivity contribution in [3.63, 3.8) is 0 Å². The highest BCUT2D eigenvalue weighted by Gasteiger charge is 2.29. The van der Waals surface area contributed by atoms with Gasteiger partial charge in [-0.3, -0.25) is 4.79 Å². The number of benzene rings is 1. The van der Waals surface area contributed by atoms with Gasteiger partial charge in [0.15, 0.2) is 11.5 Å². The molecule has 0 amide bonds. The molecule has 35 heavy (non-hydrogen) atoms. The van der Waals surface area contributed by atoms with Crippen LogP contribution in [-0.4, -0.2) is 29.4 Å². The van der Waals surface area contributed by atoms with Crippen molar-refractivity contribution in [1.29, 1.82) is 0 Å². The van der Waals surface area contributed by atoms with E-state index < -0.39 is 5.60 Å². The first-order chi connectivity index (χ1) is 16.6. The normalized spacial score (nSPS) is 14.8. The molecule has 1 aliphatic heterocycles. The van der Waals surface area contributed by atoms with E-state index in [0.29, 0.717) is 28.5 Å². The van der Waals surface area contributed by atoms with Crippen molar-refractivity contribution in [3.8, 4) is 5.82 Å². The number of hydrogen-bond donors (Lipinski definition) is 3. The van der Waals surface area contributed by atoms with Gasteiger partial charge < -0.3 is 15.7 Å². The van der Waals surface area contributed by atoms with Gasteiger partial charge in [0, 0.05) is 24.0 Å². The number of nitrogens with one attached hydrogen (secondary N) is 2. The molecule has 9 nitrogen and oxygen atoms in total. The Morgan fingerprint density at radius 3 is 2.80 bits per heavy atom. The molecule has 5 rings (SSSR count). The van der Waals surface area contributed by atoms with Crippen LogP contribution in [0.3, 0.4) is 0 Å². The van der Waals surface area contributed by atoms with Gasteiger partial charge in [0.05, 0.1) is 12.2 Å². The van der Waals surface area contributed by atoms with Gasteiger partial charge in [0.25, 0.3) is 5.56 Å². The zero-order valence-electron chi connectivity index (χ0n) is 20.3. The van der Waals surface area contributed by atoms with E-state index in [-0.39, 0.29) is 17.6 Å². The standard InChI is InChI=1S/C26H29N7O2/c1-6-12-32-23(34)18-15-27-24(29-17-11-10-16-14-28-25(2,3)19(16)13-17)31-22(18)33(32)21-9-7-8-20(30-21)26(4,5)35/h6-11,13,15,28,35H,1,12,14H2,2-5H3,(H,27,29,31). The van der Waals surface area contributed by atoms with Crippen LogP contribution in [0.15, 0.2) is 60.0 Å². The van der Waals surface area contributed by atoms with Gasteiger partial charge in [-0.15, -0.1) is 6.58 Å². The Labute approximate surface area is 203 Å². The van der Waals surface area contributed by atoms with Crippen molar-refractivity contribution in [2.75, 3.05) is 5.32 Å². The third-order valence-corrected chi connectivity index (χ3v) is 6.32. The highest BCUT2D eigenvalue weighted by molar-refractivity contribution is 5.77. The van der Waals surface area contributed by atoms with E-state index in [1.54, 1.807) is 42.8 Å². The minimum Gasteiger partial charge on any atom is -0.384 e. The van der Waals surface area contributed by atoms with Crippen LogP contribution in [0, 0.1) is 0 Å². The summed E-state index contributed by atoms with van der Waals surface area (Å²) in [6.07, 6.45) is 3.17. The highest BCUT2D eigenvalue weighted by Crippen LogP contribution is 2.33. The molecular weight excluding hydrogens is 442 g/mol. The van der Waals surface area contributed by atoms with Crippen LogP contribution in [0.2, 0.25) is 0 Å². The topological polar surface area (TPSA) is 110 Å². The van der Waals surface area contributed by atoms with Crippen LogP contribution in [-0.2, 0) is 24.2 Å². The predicted molar refractivity (Wildman–Crippen MR) is 136 cm³/mol. The number of fused-ring (bicyclic) bond motifs is 2. The van der Waals surface area contributed by atoms with Gasteiger partial charge in [-0.05, 0) is 63.1 Å².